The summed E-state index contributed by atoms with van der Waals surface area (Å²) < 4.78 is 25.4. The van der Waals surface area contributed by atoms with Crippen LogP contribution >= 0.6 is 0 Å². The van der Waals surface area contributed by atoms with Crippen LogP contribution in [0.2, 0.25) is 0 Å². The highest BCUT2D eigenvalue weighted by molar-refractivity contribution is 5.33. The fourth-order valence-corrected chi connectivity index (χ4v) is 1.70. The average Bonchev–Trinajstić information content (AvgIpc) is 2.49. The van der Waals surface area contributed by atoms with Crippen LogP contribution in [0.3, 0.4) is 0 Å². The number of hydrogen-bond acceptors (Lipinski definition) is 2. The second-order valence-corrected chi connectivity index (χ2v) is 4.49. The summed E-state index contributed by atoms with van der Waals surface area (Å²) in [5, 5.41) is 7.21. The molecule has 92 valence electrons. The zero-order valence-corrected chi connectivity index (χ0v) is 9.95. The number of halogens is 2. The molecule has 1 aromatic rings. The van der Waals surface area contributed by atoms with Gasteiger partial charge in [0.15, 0.2) is 0 Å². The molecule has 0 aliphatic carbocycles. The lowest BCUT2D eigenvalue weighted by Crippen LogP contribution is -2.18. The molecule has 0 amide bonds. The molecule has 0 radical (unpaired) electrons. The summed E-state index contributed by atoms with van der Waals surface area (Å²) >= 11 is 0. The van der Waals surface area contributed by atoms with E-state index in [9.17, 15) is 8.78 Å². The van der Waals surface area contributed by atoms with Gasteiger partial charge < -0.3 is 5.32 Å². The number of alkyl halides is 2. The van der Waals surface area contributed by atoms with E-state index in [2.05, 4.69) is 31.2 Å². The SMILES string of the molecule is CC(C)CC(C)Nc1ccn(CC(F)F)n1. The van der Waals surface area contributed by atoms with Crippen molar-refractivity contribution >= 4 is 5.82 Å². The van der Waals surface area contributed by atoms with Crippen LogP contribution in [-0.2, 0) is 6.54 Å². The van der Waals surface area contributed by atoms with E-state index in [1.54, 1.807) is 12.3 Å². The predicted molar refractivity (Wildman–Crippen MR) is 60.8 cm³/mol. The van der Waals surface area contributed by atoms with Crippen molar-refractivity contribution in [3.8, 4) is 0 Å². The topological polar surface area (TPSA) is 29.9 Å². The molecule has 1 aromatic heterocycles. The predicted octanol–water partition coefficient (Wildman–Crippen LogP) is 2.99. The first kappa shape index (κ1) is 12.9. The minimum atomic E-state index is -2.36. The molecular formula is C11H19F2N3. The molecule has 1 N–H and O–H groups in total. The molecule has 0 fully saturated rings. The summed E-state index contributed by atoms with van der Waals surface area (Å²) in [6.45, 7) is 6.01. The van der Waals surface area contributed by atoms with Crippen LogP contribution in [0.15, 0.2) is 12.3 Å². The second kappa shape index (κ2) is 5.82. The Morgan fingerprint density at radius 2 is 2.06 bits per heavy atom. The summed E-state index contributed by atoms with van der Waals surface area (Å²) in [6, 6.07) is 2.02. The molecule has 1 rings (SSSR count). The first-order valence-electron chi connectivity index (χ1n) is 5.55. The molecule has 0 bridgehead atoms. The number of rotatable bonds is 6. The molecule has 0 aromatic carbocycles. The van der Waals surface area contributed by atoms with Crippen molar-refractivity contribution in [3.63, 3.8) is 0 Å². The van der Waals surface area contributed by atoms with Crippen molar-refractivity contribution < 1.29 is 8.78 Å². The van der Waals surface area contributed by atoms with E-state index in [4.69, 9.17) is 0 Å². The molecule has 0 saturated heterocycles. The summed E-state index contributed by atoms with van der Waals surface area (Å²) in [5.41, 5.74) is 0. The van der Waals surface area contributed by atoms with Crippen LogP contribution in [0.25, 0.3) is 0 Å². The molecule has 3 nitrogen and oxygen atoms in total. The lowest BCUT2D eigenvalue weighted by Gasteiger charge is -2.15. The minimum absolute atomic E-state index is 0.301. The van der Waals surface area contributed by atoms with E-state index in [-0.39, 0.29) is 6.54 Å². The highest BCUT2D eigenvalue weighted by atomic mass is 19.3. The van der Waals surface area contributed by atoms with Gasteiger partial charge in [-0.1, -0.05) is 13.8 Å². The first-order valence-corrected chi connectivity index (χ1v) is 5.55. The van der Waals surface area contributed by atoms with Gasteiger partial charge in [-0.2, -0.15) is 5.10 Å². The Bertz CT molecular complexity index is 310. The van der Waals surface area contributed by atoms with Gasteiger partial charge in [0.25, 0.3) is 6.43 Å². The number of nitrogens with zero attached hydrogens (tertiary/aromatic N) is 2. The van der Waals surface area contributed by atoms with Crippen molar-refractivity contribution in [1.82, 2.24) is 9.78 Å². The Balaban J connectivity index is 2.45. The first-order chi connectivity index (χ1) is 7.47. The Labute approximate surface area is 94.8 Å². The molecule has 0 saturated carbocycles. The lowest BCUT2D eigenvalue weighted by atomic mass is 10.1. The standard InChI is InChI=1S/C11H19F2N3/c1-8(2)6-9(3)14-11-4-5-16(15-11)7-10(12)13/h4-5,8-10H,6-7H2,1-3H3,(H,14,15). The number of nitrogens with one attached hydrogen (secondary N) is 1. The molecule has 1 heterocycles. The highest BCUT2D eigenvalue weighted by Gasteiger charge is 2.08. The maximum absolute atomic E-state index is 12.1. The summed E-state index contributed by atoms with van der Waals surface area (Å²) in [4.78, 5) is 0. The summed E-state index contributed by atoms with van der Waals surface area (Å²) in [5.74, 6) is 1.26. The van der Waals surface area contributed by atoms with Crippen molar-refractivity contribution in [1.29, 1.82) is 0 Å². The van der Waals surface area contributed by atoms with Crippen LogP contribution in [-0.4, -0.2) is 22.2 Å². The molecule has 0 aliphatic rings. The third kappa shape index (κ3) is 4.59. The number of aromatic nitrogens is 2. The van der Waals surface area contributed by atoms with E-state index in [1.807, 2.05) is 0 Å². The molecular weight excluding hydrogens is 212 g/mol. The van der Waals surface area contributed by atoms with Crippen LogP contribution in [0.5, 0.6) is 0 Å². The molecule has 5 heteroatoms. The monoisotopic (exact) mass is 231 g/mol. The maximum Gasteiger partial charge on any atom is 0.257 e. The molecule has 16 heavy (non-hydrogen) atoms. The fourth-order valence-electron chi connectivity index (χ4n) is 1.70. The summed E-state index contributed by atoms with van der Waals surface area (Å²) in [7, 11) is 0. The van der Waals surface area contributed by atoms with Gasteiger partial charge in [0.2, 0.25) is 0 Å². The number of hydrogen-bond donors (Lipinski definition) is 1. The van der Waals surface area contributed by atoms with Gasteiger partial charge in [-0.3, -0.25) is 4.68 Å². The smallest absolute Gasteiger partial charge is 0.257 e. The average molecular weight is 231 g/mol. The Kier molecular flexibility index (Phi) is 4.71. The maximum atomic E-state index is 12.1. The molecule has 1 atom stereocenters. The molecule has 1 unspecified atom stereocenters. The minimum Gasteiger partial charge on any atom is -0.366 e. The zero-order valence-electron chi connectivity index (χ0n) is 9.95. The highest BCUT2D eigenvalue weighted by Crippen LogP contribution is 2.11. The van der Waals surface area contributed by atoms with Crippen LogP contribution in [0, 0.1) is 5.92 Å². The van der Waals surface area contributed by atoms with Crippen molar-refractivity contribution in [2.75, 3.05) is 5.32 Å². The molecule has 0 aliphatic heterocycles. The van der Waals surface area contributed by atoms with Crippen molar-refractivity contribution in [2.45, 2.75) is 46.2 Å². The zero-order chi connectivity index (χ0) is 12.1. The van der Waals surface area contributed by atoms with Gasteiger partial charge in [-0.05, 0) is 19.3 Å². The Morgan fingerprint density at radius 1 is 1.38 bits per heavy atom. The Hall–Kier alpha value is -1.13. The molecule has 0 spiro atoms. The van der Waals surface area contributed by atoms with Gasteiger partial charge in [-0.15, -0.1) is 0 Å². The van der Waals surface area contributed by atoms with E-state index < -0.39 is 6.43 Å². The van der Waals surface area contributed by atoms with Crippen molar-refractivity contribution in [3.05, 3.63) is 12.3 Å². The number of anilines is 1. The van der Waals surface area contributed by atoms with Gasteiger partial charge in [0.1, 0.15) is 12.4 Å². The van der Waals surface area contributed by atoms with Crippen molar-refractivity contribution in [2.24, 2.45) is 5.92 Å². The van der Waals surface area contributed by atoms with E-state index in [0.717, 1.165) is 6.42 Å². The van der Waals surface area contributed by atoms with E-state index >= 15 is 0 Å². The normalized spacial score (nSPS) is 13.4. The lowest BCUT2D eigenvalue weighted by molar-refractivity contribution is 0.122. The van der Waals surface area contributed by atoms with Crippen LogP contribution in [0.1, 0.15) is 27.2 Å². The summed E-state index contributed by atoms with van der Waals surface area (Å²) in [6.07, 6.45) is 0.235. The third-order valence-corrected chi connectivity index (χ3v) is 2.18. The van der Waals surface area contributed by atoms with Crippen LogP contribution in [0.4, 0.5) is 14.6 Å². The second-order valence-electron chi connectivity index (χ2n) is 4.49. The quantitative estimate of drug-likeness (QED) is 0.815. The van der Waals surface area contributed by atoms with Gasteiger partial charge >= 0.3 is 0 Å². The van der Waals surface area contributed by atoms with Crippen LogP contribution < -0.4 is 5.32 Å². The van der Waals surface area contributed by atoms with Gasteiger partial charge in [0.05, 0.1) is 0 Å². The largest absolute Gasteiger partial charge is 0.366 e. The van der Waals surface area contributed by atoms with E-state index in [0.29, 0.717) is 17.8 Å². The van der Waals surface area contributed by atoms with Gasteiger partial charge in [0, 0.05) is 18.3 Å². The fraction of sp³-hybridized carbons (Fsp3) is 0.727. The Morgan fingerprint density at radius 3 is 2.62 bits per heavy atom. The third-order valence-electron chi connectivity index (χ3n) is 2.18. The van der Waals surface area contributed by atoms with E-state index in [1.165, 1.54) is 4.68 Å². The van der Waals surface area contributed by atoms with Gasteiger partial charge in [-0.25, -0.2) is 8.78 Å².